The van der Waals surface area contributed by atoms with Crippen LogP contribution in [0.4, 0.5) is 0 Å². The second-order valence-corrected chi connectivity index (χ2v) is 16.4. The first-order chi connectivity index (χ1) is 29.5. The zero-order valence-electron chi connectivity index (χ0n) is 39.2. The summed E-state index contributed by atoms with van der Waals surface area (Å²) in [4.78, 5) is 37.8. The molecule has 0 aromatic carbocycles. The largest absolute Gasteiger partial charge is 0.462 e. The van der Waals surface area contributed by atoms with E-state index in [0.29, 0.717) is 19.3 Å². The number of esters is 3. The summed E-state index contributed by atoms with van der Waals surface area (Å²) in [6.07, 6.45) is 60.6. The van der Waals surface area contributed by atoms with E-state index in [-0.39, 0.29) is 38.0 Å². The third-order valence-corrected chi connectivity index (χ3v) is 10.5. The molecule has 6 nitrogen and oxygen atoms in total. The van der Waals surface area contributed by atoms with Crippen molar-refractivity contribution in [2.45, 2.75) is 239 Å². The van der Waals surface area contributed by atoms with Gasteiger partial charge in [-0.2, -0.15) is 0 Å². The zero-order valence-corrected chi connectivity index (χ0v) is 39.2. The lowest BCUT2D eigenvalue weighted by Crippen LogP contribution is -2.30. The summed E-state index contributed by atoms with van der Waals surface area (Å²) in [5.41, 5.74) is 0. The topological polar surface area (TPSA) is 78.9 Å². The predicted molar refractivity (Wildman–Crippen MR) is 256 cm³/mol. The highest BCUT2D eigenvalue weighted by Gasteiger charge is 2.19. The molecule has 0 radical (unpaired) electrons. The van der Waals surface area contributed by atoms with Crippen molar-refractivity contribution in [2.75, 3.05) is 13.2 Å². The van der Waals surface area contributed by atoms with Gasteiger partial charge in [0, 0.05) is 19.3 Å². The summed E-state index contributed by atoms with van der Waals surface area (Å²) in [5.74, 6) is -1.09. The third kappa shape index (κ3) is 45.9. The molecule has 6 heteroatoms. The Bertz CT molecular complexity index is 1140. The highest BCUT2D eigenvalue weighted by atomic mass is 16.6. The highest BCUT2D eigenvalue weighted by Crippen LogP contribution is 2.12. The SMILES string of the molecule is CCCCCCCC/C=C/C/C=C/CCC(=O)OCC(COC(=O)CCCCC/C=C/C=C/CCCCCCCCC)OC(=O)CC/C=C/C/C=C/CCCCCCCC. The molecule has 0 aliphatic carbocycles. The Morgan fingerprint density at radius 2 is 0.683 bits per heavy atom. The number of ether oxygens (including phenoxy) is 3. The summed E-state index contributed by atoms with van der Waals surface area (Å²) < 4.78 is 16.6. The average molecular weight is 837 g/mol. The molecule has 0 aliphatic rings. The predicted octanol–water partition coefficient (Wildman–Crippen LogP) is 16.3. The fraction of sp³-hybridized carbons (Fsp3) is 0.722. The summed E-state index contributed by atoms with van der Waals surface area (Å²) in [6.45, 7) is 6.48. The van der Waals surface area contributed by atoms with Crippen molar-refractivity contribution in [3.63, 3.8) is 0 Å². The van der Waals surface area contributed by atoms with E-state index in [9.17, 15) is 14.4 Å². The van der Waals surface area contributed by atoms with Crippen LogP contribution < -0.4 is 0 Å². The van der Waals surface area contributed by atoms with Crippen molar-refractivity contribution in [3.05, 3.63) is 72.9 Å². The molecular weight excluding hydrogens is 745 g/mol. The van der Waals surface area contributed by atoms with Crippen LogP contribution in [0.25, 0.3) is 0 Å². The molecule has 0 N–H and O–H groups in total. The molecular formula is C54H92O6. The molecule has 0 saturated carbocycles. The molecule has 0 heterocycles. The van der Waals surface area contributed by atoms with Gasteiger partial charge in [-0.15, -0.1) is 0 Å². The molecule has 0 aliphatic heterocycles. The normalized spacial score (nSPS) is 12.7. The Balaban J connectivity index is 4.55. The maximum Gasteiger partial charge on any atom is 0.306 e. The Labute approximate surface area is 370 Å². The number of hydrogen-bond acceptors (Lipinski definition) is 6. The van der Waals surface area contributed by atoms with Gasteiger partial charge in [-0.25, -0.2) is 0 Å². The quantitative estimate of drug-likeness (QED) is 0.0200. The minimum atomic E-state index is -0.837. The minimum Gasteiger partial charge on any atom is -0.462 e. The molecule has 60 heavy (non-hydrogen) atoms. The standard InChI is InChI=1S/C54H92O6/c1-4-7-10-13-16-19-22-25-26-27-30-32-35-38-41-44-47-53(56)59-50-51(60-54(57)48-45-42-39-36-33-29-24-21-18-15-12-9-6-3)49-58-52(55)46-43-40-37-34-31-28-23-20-17-14-11-8-5-2/h26-33,37,39-40,42,51H,4-25,34-36,38,41,43-50H2,1-3H3/b27-26+,31-28+,32-30+,33-29+,40-37+,42-39+. The lowest BCUT2D eigenvalue weighted by Gasteiger charge is -2.18. The summed E-state index contributed by atoms with van der Waals surface area (Å²) >= 11 is 0. The number of carbonyl (C=O) groups excluding carboxylic acids is 3. The third-order valence-electron chi connectivity index (χ3n) is 10.5. The van der Waals surface area contributed by atoms with Crippen LogP contribution in [0.2, 0.25) is 0 Å². The van der Waals surface area contributed by atoms with Crippen molar-refractivity contribution < 1.29 is 28.6 Å². The van der Waals surface area contributed by atoms with Gasteiger partial charge in [-0.05, 0) is 83.5 Å². The van der Waals surface area contributed by atoms with E-state index in [1.165, 1.54) is 122 Å². The van der Waals surface area contributed by atoms with Crippen molar-refractivity contribution in [2.24, 2.45) is 0 Å². The van der Waals surface area contributed by atoms with E-state index in [1.54, 1.807) is 0 Å². The second kappa shape index (κ2) is 48.5. The van der Waals surface area contributed by atoms with Crippen LogP contribution in [0.15, 0.2) is 72.9 Å². The molecule has 1 unspecified atom stereocenters. The number of hydrogen-bond donors (Lipinski definition) is 0. The van der Waals surface area contributed by atoms with Crippen molar-refractivity contribution >= 4 is 17.9 Å². The van der Waals surface area contributed by atoms with Gasteiger partial charge >= 0.3 is 17.9 Å². The van der Waals surface area contributed by atoms with E-state index < -0.39 is 12.1 Å². The molecule has 0 fully saturated rings. The van der Waals surface area contributed by atoms with Gasteiger partial charge in [-0.3, -0.25) is 14.4 Å². The Morgan fingerprint density at radius 3 is 1.12 bits per heavy atom. The maximum absolute atomic E-state index is 12.7. The van der Waals surface area contributed by atoms with Gasteiger partial charge in [-0.1, -0.05) is 203 Å². The number of unbranched alkanes of at least 4 members (excludes halogenated alkanes) is 22. The van der Waals surface area contributed by atoms with E-state index >= 15 is 0 Å². The van der Waals surface area contributed by atoms with Gasteiger partial charge < -0.3 is 14.2 Å². The number of carbonyl (C=O) groups is 3. The van der Waals surface area contributed by atoms with Gasteiger partial charge in [0.25, 0.3) is 0 Å². The van der Waals surface area contributed by atoms with Gasteiger partial charge in [0.2, 0.25) is 0 Å². The van der Waals surface area contributed by atoms with Crippen LogP contribution in [0.3, 0.4) is 0 Å². The molecule has 0 saturated heterocycles. The summed E-state index contributed by atoms with van der Waals surface area (Å²) in [6, 6.07) is 0. The second-order valence-electron chi connectivity index (χ2n) is 16.4. The van der Waals surface area contributed by atoms with Crippen LogP contribution >= 0.6 is 0 Å². The number of allylic oxidation sites excluding steroid dienone is 12. The fourth-order valence-electron chi connectivity index (χ4n) is 6.66. The first-order valence-electron chi connectivity index (χ1n) is 25.0. The first-order valence-corrected chi connectivity index (χ1v) is 25.0. The van der Waals surface area contributed by atoms with Gasteiger partial charge in [0.05, 0.1) is 0 Å². The monoisotopic (exact) mass is 837 g/mol. The van der Waals surface area contributed by atoms with Crippen molar-refractivity contribution in [1.82, 2.24) is 0 Å². The molecule has 0 aromatic heterocycles. The van der Waals surface area contributed by atoms with Crippen LogP contribution in [0.5, 0.6) is 0 Å². The first kappa shape index (κ1) is 56.9. The van der Waals surface area contributed by atoms with Crippen LogP contribution in [-0.4, -0.2) is 37.2 Å². The smallest absolute Gasteiger partial charge is 0.306 e. The lowest BCUT2D eigenvalue weighted by atomic mass is 10.1. The summed E-state index contributed by atoms with van der Waals surface area (Å²) in [5, 5.41) is 0. The highest BCUT2D eigenvalue weighted by molar-refractivity contribution is 5.71. The average Bonchev–Trinajstić information content (AvgIpc) is 3.24. The fourth-order valence-corrected chi connectivity index (χ4v) is 6.66. The number of rotatable bonds is 44. The lowest BCUT2D eigenvalue weighted by molar-refractivity contribution is -0.166. The maximum atomic E-state index is 12.7. The molecule has 1 atom stereocenters. The van der Waals surface area contributed by atoms with E-state index in [4.69, 9.17) is 14.2 Å². The molecule has 0 aromatic rings. The Hall–Kier alpha value is -3.15. The van der Waals surface area contributed by atoms with Crippen molar-refractivity contribution in [3.8, 4) is 0 Å². The van der Waals surface area contributed by atoms with E-state index in [0.717, 1.165) is 57.8 Å². The van der Waals surface area contributed by atoms with Gasteiger partial charge in [0.1, 0.15) is 13.2 Å². The Kier molecular flexibility index (Phi) is 46.0. The van der Waals surface area contributed by atoms with Crippen LogP contribution in [0.1, 0.15) is 233 Å². The van der Waals surface area contributed by atoms with E-state index in [1.807, 2.05) is 12.2 Å². The van der Waals surface area contributed by atoms with Crippen molar-refractivity contribution in [1.29, 1.82) is 0 Å². The molecule has 0 rings (SSSR count). The molecule has 344 valence electrons. The zero-order chi connectivity index (χ0) is 43.7. The van der Waals surface area contributed by atoms with E-state index in [2.05, 4.69) is 81.5 Å². The molecule has 0 spiro atoms. The minimum absolute atomic E-state index is 0.129. The van der Waals surface area contributed by atoms with Crippen LogP contribution in [-0.2, 0) is 28.6 Å². The molecule has 0 amide bonds. The van der Waals surface area contributed by atoms with Gasteiger partial charge in [0.15, 0.2) is 6.10 Å². The Morgan fingerprint density at radius 1 is 0.350 bits per heavy atom. The van der Waals surface area contributed by atoms with Crippen LogP contribution in [0, 0.1) is 0 Å². The summed E-state index contributed by atoms with van der Waals surface area (Å²) in [7, 11) is 0. The molecule has 0 bridgehead atoms.